The molecule has 0 unspecified atom stereocenters. The Morgan fingerprint density at radius 2 is 1.92 bits per heavy atom. The average molecular weight is 219 g/mol. The fourth-order valence-corrected chi connectivity index (χ4v) is 2.15. The third kappa shape index (κ3) is 1.09. The van der Waals surface area contributed by atoms with E-state index in [9.17, 15) is 0 Å². The molecule has 2 rings (SSSR count). The number of hydrogen-bond acceptors (Lipinski definition) is 3. The number of aryl methyl sites for hydroxylation is 1. The molecule has 62 valence electrons. The molecule has 2 aromatic rings. The van der Waals surface area contributed by atoms with Crippen LogP contribution in [0.15, 0.2) is 6.07 Å². The number of fused-ring (bicyclic) bond motifs is 1. The van der Waals surface area contributed by atoms with Gasteiger partial charge >= 0.3 is 0 Å². The van der Waals surface area contributed by atoms with Gasteiger partial charge in [0.1, 0.15) is 11.0 Å². The van der Waals surface area contributed by atoms with Crippen molar-refractivity contribution in [2.45, 2.75) is 6.92 Å². The van der Waals surface area contributed by atoms with E-state index in [4.69, 9.17) is 23.2 Å². The van der Waals surface area contributed by atoms with Gasteiger partial charge < -0.3 is 0 Å². The molecule has 12 heavy (non-hydrogen) atoms. The molecular weight excluding hydrogens is 215 g/mol. The molecule has 0 spiro atoms. The molecule has 0 aliphatic heterocycles. The van der Waals surface area contributed by atoms with Crippen LogP contribution in [0.2, 0.25) is 10.0 Å². The summed E-state index contributed by atoms with van der Waals surface area (Å²) in [5.41, 5.74) is 2.32. The normalized spacial score (nSPS) is 10.9. The van der Waals surface area contributed by atoms with Crippen LogP contribution in [0, 0.1) is 6.92 Å². The van der Waals surface area contributed by atoms with E-state index in [0.29, 0.717) is 21.1 Å². The molecule has 0 bridgehead atoms. The smallest absolute Gasteiger partial charge is 0.125 e. The van der Waals surface area contributed by atoms with E-state index < -0.39 is 0 Å². The maximum Gasteiger partial charge on any atom is 0.125 e. The Balaban J connectivity index is 2.97. The van der Waals surface area contributed by atoms with Gasteiger partial charge in [0, 0.05) is 0 Å². The first-order valence-electron chi connectivity index (χ1n) is 3.27. The van der Waals surface area contributed by atoms with Gasteiger partial charge in [0.05, 0.1) is 21.8 Å². The van der Waals surface area contributed by atoms with Gasteiger partial charge in [0.25, 0.3) is 0 Å². The Labute approximate surface area is 83.4 Å². The van der Waals surface area contributed by atoms with Crippen molar-refractivity contribution in [1.29, 1.82) is 0 Å². The van der Waals surface area contributed by atoms with E-state index in [-0.39, 0.29) is 0 Å². The van der Waals surface area contributed by atoms with Crippen LogP contribution >= 0.6 is 34.9 Å². The second kappa shape index (κ2) is 2.83. The number of benzene rings is 1. The summed E-state index contributed by atoms with van der Waals surface area (Å²) in [6.45, 7) is 1.90. The summed E-state index contributed by atoms with van der Waals surface area (Å²) < 4.78 is 8.09. The van der Waals surface area contributed by atoms with Crippen molar-refractivity contribution in [2.24, 2.45) is 0 Å². The van der Waals surface area contributed by atoms with Crippen molar-refractivity contribution in [1.82, 2.24) is 8.75 Å². The number of aromatic nitrogens is 2. The summed E-state index contributed by atoms with van der Waals surface area (Å²) in [6, 6.07) is 1.80. The van der Waals surface area contributed by atoms with Gasteiger partial charge in [-0.1, -0.05) is 23.2 Å². The summed E-state index contributed by atoms with van der Waals surface area (Å²) in [7, 11) is 0. The third-order valence-electron chi connectivity index (χ3n) is 1.61. The molecule has 0 atom stereocenters. The zero-order valence-electron chi connectivity index (χ0n) is 6.14. The molecule has 0 aliphatic carbocycles. The van der Waals surface area contributed by atoms with Crippen molar-refractivity contribution < 1.29 is 0 Å². The van der Waals surface area contributed by atoms with Crippen LogP contribution in [0.3, 0.4) is 0 Å². The highest BCUT2D eigenvalue weighted by Gasteiger charge is 2.09. The van der Waals surface area contributed by atoms with Crippen LogP contribution in [0.25, 0.3) is 11.0 Å². The van der Waals surface area contributed by atoms with E-state index >= 15 is 0 Å². The Kier molecular flexibility index (Phi) is 1.94. The fraction of sp³-hybridized carbons (Fsp3) is 0.143. The zero-order chi connectivity index (χ0) is 8.72. The maximum absolute atomic E-state index is 5.98. The zero-order valence-corrected chi connectivity index (χ0v) is 8.46. The summed E-state index contributed by atoms with van der Waals surface area (Å²) in [4.78, 5) is 0. The Morgan fingerprint density at radius 1 is 1.25 bits per heavy atom. The Morgan fingerprint density at radius 3 is 2.67 bits per heavy atom. The first-order chi connectivity index (χ1) is 5.70. The molecule has 1 aromatic carbocycles. The molecule has 1 heterocycles. The minimum atomic E-state index is 0.612. The Bertz CT molecular complexity index is 438. The molecule has 5 heteroatoms. The van der Waals surface area contributed by atoms with E-state index in [0.717, 1.165) is 17.3 Å². The number of rotatable bonds is 0. The van der Waals surface area contributed by atoms with Crippen molar-refractivity contribution in [3.8, 4) is 0 Å². The highest BCUT2D eigenvalue weighted by atomic mass is 35.5. The molecule has 0 saturated heterocycles. The predicted octanol–water partition coefficient (Wildman–Crippen LogP) is 3.31. The minimum absolute atomic E-state index is 0.612. The van der Waals surface area contributed by atoms with Gasteiger partial charge in [-0.15, -0.1) is 0 Å². The summed E-state index contributed by atoms with van der Waals surface area (Å²) in [6.07, 6.45) is 0. The monoisotopic (exact) mass is 218 g/mol. The number of nitrogens with zero attached hydrogens (tertiary/aromatic N) is 2. The summed E-state index contributed by atoms with van der Waals surface area (Å²) in [5.74, 6) is 0. The van der Waals surface area contributed by atoms with Crippen molar-refractivity contribution in [3.63, 3.8) is 0 Å². The fourth-order valence-electron chi connectivity index (χ4n) is 0.998. The lowest BCUT2D eigenvalue weighted by atomic mass is 10.2. The van der Waals surface area contributed by atoms with Gasteiger partial charge in [-0.3, -0.25) is 0 Å². The molecule has 0 saturated carbocycles. The van der Waals surface area contributed by atoms with Gasteiger partial charge in [-0.25, -0.2) is 0 Å². The number of halogens is 2. The average Bonchev–Trinajstić information content (AvgIpc) is 2.48. The topological polar surface area (TPSA) is 25.8 Å². The predicted molar refractivity (Wildman–Crippen MR) is 52.2 cm³/mol. The van der Waals surface area contributed by atoms with Crippen LogP contribution in [0.1, 0.15) is 5.56 Å². The summed E-state index contributed by atoms with van der Waals surface area (Å²) in [5, 5.41) is 1.25. The van der Waals surface area contributed by atoms with E-state index in [1.807, 2.05) is 6.92 Å². The maximum atomic E-state index is 5.98. The molecular formula is C7H4Cl2N2S. The first kappa shape index (κ1) is 8.23. The van der Waals surface area contributed by atoms with Gasteiger partial charge in [-0.05, 0) is 18.6 Å². The second-order valence-corrected chi connectivity index (χ2v) is 3.76. The van der Waals surface area contributed by atoms with Gasteiger partial charge in [0.15, 0.2) is 0 Å². The number of hydrogen-bond donors (Lipinski definition) is 0. The van der Waals surface area contributed by atoms with Crippen LogP contribution in [0.5, 0.6) is 0 Å². The van der Waals surface area contributed by atoms with Crippen molar-refractivity contribution in [3.05, 3.63) is 21.7 Å². The molecule has 0 amide bonds. The molecule has 0 fully saturated rings. The van der Waals surface area contributed by atoms with Crippen molar-refractivity contribution >= 4 is 46.0 Å². The quantitative estimate of drug-likeness (QED) is 0.679. The lowest BCUT2D eigenvalue weighted by Crippen LogP contribution is -1.79. The van der Waals surface area contributed by atoms with E-state index in [2.05, 4.69) is 8.75 Å². The third-order valence-corrected chi connectivity index (χ3v) is 2.91. The molecule has 2 nitrogen and oxygen atoms in total. The molecule has 0 aliphatic rings. The van der Waals surface area contributed by atoms with Crippen LogP contribution in [-0.2, 0) is 0 Å². The van der Waals surface area contributed by atoms with Crippen molar-refractivity contribution in [2.75, 3.05) is 0 Å². The second-order valence-electron chi connectivity index (χ2n) is 2.45. The molecule has 0 N–H and O–H groups in total. The standard InChI is InChI=1S/C7H4Cl2N2S/c1-3-2-4(8)6-7(5(3)9)11-12-10-6/h2H,1H3. The Hall–Kier alpha value is -0.380. The lowest BCUT2D eigenvalue weighted by molar-refractivity contribution is 1.48. The largest absolute Gasteiger partial charge is 0.171 e. The lowest BCUT2D eigenvalue weighted by Gasteiger charge is -1.98. The van der Waals surface area contributed by atoms with Crippen LogP contribution < -0.4 is 0 Å². The highest BCUT2D eigenvalue weighted by molar-refractivity contribution is 7.00. The van der Waals surface area contributed by atoms with E-state index in [1.54, 1.807) is 6.07 Å². The highest BCUT2D eigenvalue weighted by Crippen LogP contribution is 2.30. The van der Waals surface area contributed by atoms with Crippen LogP contribution in [0.4, 0.5) is 0 Å². The van der Waals surface area contributed by atoms with Crippen LogP contribution in [-0.4, -0.2) is 8.75 Å². The first-order valence-corrected chi connectivity index (χ1v) is 4.75. The molecule has 0 radical (unpaired) electrons. The SMILES string of the molecule is Cc1cc(Cl)c2nsnc2c1Cl. The summed E-state index contributed by atoms with van der Waals surface area (Å²) >= 11 is 13.0. The minimum Gasteiger partial charge on any atom is -0.171 e. The molecule has 1 aromatic heterocycles. The van der Waals surface area contributed by atoms with Gasteiger partial charge in [0.2, 0.25) is 0 Å². The van der Waals surface area contributed by atoms with Gasteiger partial charge in [-0.2, -0.15) is 8.75 Å². The van der Waals surface area contributed by atoms with E-state index in [1.165, 1.54) is 0 Å².